The molecule has 0 saturated carbocycles. The highest BCUT2D eigenvalue weighted by Crippen LogP contribution is 2.38. The number of carbonyl (C=O) groups excluding carboxylic acids is 1. The summed E-state index contributed by atoms with van der Waals surface area (Å²) in [6.07, 6.45) is 1.94. The minimum absolute atomic E-state index is 0. The first kappa shape index (κ1) is 15.6. The predicted octanol–water partition coefficient (Wildman–Crippen LogP) is 2.45. The predicted molar refractivity (Wildman–Crippen MR) is 86.6 cm³/mol. The zero-order chi connectivity index (χ0) is 13.9. The van der Waals surface area contributed by atoms with Gasteiger partial charge in [-0.25, -0.2) is 0 Å². The van der Waals surface area contributed by atoms with E-state index in [4.69, 9.17) is 4.74 Å². The van der Waals surface area contributed by atoms with Crippen molar-refractivity contribution >= 4 is 35.7 Å². The van der Waals surface area contributed by atoms with Crippen LogP contribution in [0.1, 0.15) is 19.8 Å². The van der Waals surface area contributed by atoms with Crippen molar-refractivity contribution in [1.82, 2.24) is 0 Å². The fourth-order valence-electron chi connectivity index (χ4n) is 2.58. The molecule has 3 rings (SSSR count). The Morgan fingerprint density at radius 2 is 2.10 bits per heavy atom. The van der Waals surface area contributed by atoms with Gasteiger partial charge in [0.05, 0.1) is 24.5 Å². The number of benzene rings is 1. The zero-order valence-electron chi connectivity index (χ0n) is 12.1. The fourth-order valence-corrected chi connectivity index (χ4v) is 2.58. The first-order valence-electron chi connectivity index (χ1n) is 7.15. The molecular formula is C15H20ClN3O2. The molecule has 0 atom stereocenters. The second-order valence-electron chi connectivity index (χ2n) is 4.98. The minimum atomic E-state index is -0.190. The molecule has 5 nitrogen and oxygen atoms in total. The molecule has 1 aromatic carbocycles. The summed E-state index contributed by atoms with van der Waals surface area (Å²) in [5.74, 6) is 0.684. The lowest BCUT2D eigenvalue weighted by atomic mass is 10.2. The van der Waals surface area contributed by atoms with Crippen LogP contribution < -0.4 is 9.80 Å². The van der Waals surface area contributed by atoms with Crippen molar-refractivity contribution in [3.8, 4) is 0 Å². The monoisotopic (exact) mass is 309 g/mol. The average molecular weight is 310 g/mol. The highest BCUT2D eigenvalue weighted by atomic mass is 35.5. The van der Waals surface area contributed by atoms with Gasteiger partial charge in [-0.05, 0) is 18.6 Å². The second-order valence-corrected chi connectivity index (χ2v) is 4.98. The highest BCUT2D eigenvalue weighted by molar-refractivity contribution is 6.18. The number of rotatable bonds is 5. The van der Waals surface area contributed by atoms with Crippen LogP contribution in [0.4, 0.5) is 11.4 Å². The van der Waals surface area contributed by atoms with Crippen LogP contribution in [0.15, 0.2) is 29.3 Å². The Hall–Kier alpha value is -1.75. The standard InChI is InChI=1S/C15H19N3O2.ClH/c1-2-3-10-20-14(19)11-18-13-7-5-4-6-12(13)17-9-8-16-15(17)18;/h4-7H,2-3,8-11H2,1H3;1H. The van der Waals surface area contributed by atoms with E-state index in [1.807, 2.05) is 23.1 Å². The van der Waals surface area contributed by atoms with Gasteiger partial charge in [0, 0.05) is 6.54 Å². The summed E-state index contributed by atoms with van der Waals surface area (Å²) in [6, 6.07) is 8.09. The van der Waals surface area contributed by atoms with E-state index < -0.39 is 0 Å². The molecule has 21 heavy (non-hydrogen) atoms. The third kappa shape index (κ3) is 2.97. The largest absolute Gasteiger partial charge is 0.464 e. The minimum Gasteiger partial charge on any atom is -0.464 e. The molecule has 0 amide bonds. The Morgan fingerprint density at radius 3 is 2.86 bits per heavy atom. The summed E-state index contributed by atoms with van der Waals surface area (Å²) >= 11 is 0. The summed E-state index contributed by atoms with van der Waals surface area (Å²) < 4.78 is 5.25. The van der Waals surface area contributed by atoms with Crippen molar-refractivity contribution in [3.63, 3.8) is 0 Å². The van der Waals surface area contributed by atoms with E-state index in [2.05, 4.69) is 22.9 Å². The molecule has 0 fully saturated rings. The summed E-state index contributed by atoms with van der Waals surface area (Å²) in [6.45, 7) is 4.48. The number of unbranched alkanes of at least 4 members (excludes halogenated alkanes) is 1. The van der Waals surface area contributed by atoms with Crippen LogP contribution in [0.2, 0.25) is 0 Å². The molecule has 6 heteroatoms. The number of fused-ring (bicyclic) bond motifs is 3. The van der Waals surface area contributed by atoms with Gasteiger partial charge in [-0.1, -0.05) is 25.5 Å². The summed E-state index contributed by atoms with van der Waals surface area (Å²) in [4.78, 5) is 20.6. The first-order chi connectivity index (χ1) is 9.81. The average Bonchev–Trinajstić information content (AvgIpc) is 3.03. The molecule has 114 valence electrons. The number of hydrogen-bond acceptors (Lipinski definition) is 5. The number of ether oxygens (including phenoxy) is 1. The first-order valence-corrected chi connectivity index (χ1v) is 7.15. The van der Waals surface area contributed by atoms with Gasteiger partial charge in [0.25, 0.3) is 0 Å². The number of anilines is 2. The Labute approximate surface area is 131 Å². The molecule has 0 unspecified atom stereocenters. The second kappa shape index (κ2) is 6.80. The zero-order valence-corrected chi connectivity index (χ0v) is 12.9. The van der Waals surface area contributed by atoms with Gasteiger partial charge in [-0.2, -0.15) is 0 Å². The summed E-state index contributed by atoms with van der Waals surface area (Å²) in [5, 5.41) is 0. The normalized spacial score (nSPS) is 15.2. The molecule has 0 aliphatic carbocycles. The topological polar surface area (TPSA) is 45.1 Å². The lowest BCUT2D eigenvalue weighted by Crippen LogP contribution is -2.39. The maximum absolute atomic E-state index is 11.9. The van der Waals surface area contributed by atoms with Crippen molar-refractivity contribution < 1.29 is 9.53 Å². The number of carbonyl (C=O) groups is 1. The molecule has 1 aromatic rings. The number of aliphatic imine (C=N–C) groups is 1. The van der Waals surface area contributed by atoms with E-state index >= 15 is 0 Å². The smallest absolute Gasteiger partial charge is 0.326 e. The van der Waals surface area contributed by atoms with E-state index in [9.17, 15) is 4.79 Å². The maximum Gasteiger partial charge on any atom is 0.326 e. The number of esters is 1. The number of nitrogens with zero attached hydrogens (tertiary/aromatic N) is 3. The summed E-state index contributed by atoms with van der Waals surface area (Å²) in [5.41, 5.74) is 2.17. The van der Waals surface area contributed by atoms with Crippen molar-refractivity contribution in [2.24, 2.45) is 4.99 Å². The summed E-state index contributed by atoms with van der Waals surface area (Å²) in [7, 11) is 0. The van der Waals surface area contributed by atoms with Crippen molar-refractivity contribution in [2.75, 3.05) is 36.0 Å². The molecular weight excluding hydrogens is 290 g/mol. The third-order valence-corrected chi connectivity index (χ3v) is 3.57. The van der Waals surface area contributed by atoms with E-state index in [0.29, 0.717) is 6.61 Å². The highest BCUT2D eigenvalue weighted by Gasteiger charge is 2.36. The van der Waals surface area contributed by atoms with Gasteiger partial charge in [-0.3, -0.25) is 14.7 Å². The van der Waals surface area contributed by atoms with E-state index in [-0.39, 0.29) is 24.9 Å². The fraction of sp³-hybridized carbons (Fsp3) is 0.467. The van der Waals surface area contributed by atoms with Crippen LogP contribution >= 0.6 is 12.4 Å². The van der Waals surface area contributed by atoms with Crippen LogP contribution in [-0.4, -0.2) is 38.2 Å². The molecule has 0 bridgehead atoms. The van der Waals surface area contributed by atoms with Gasteiger partial charge >= 0.3 is 5.97 Å². The van der Waals surface area contributed by atoms with Gasteiger partial charge in [-0.15, -0.1) is 12.4 Å². The Kier molecular flexibility index (Phi) is 5.07. The van der Waals surface area contributed by atoms with Gasteiger partial charge in [0.15, 0.2) is 0 Å². The maximum atomic E-state index is 11.9. The lowest BCUT2D eigenvalue weighted by molar-refractivity contribution is -0.141. The molecule has 0 saturated heterocycles. The van der Waals surface area contributed by atoms with Gasteiger partial charge in [0.2, 0.25) is 5.96 Å². The van der Waals surface area contributed by atoms with Gasteiger partial charge in [0.1, 0.15) is 6.54 Å². The molecule has 2 aliphatic rings. The van der Waals surface area contributed by atoms with E-state index in [0.717, 1.165) is 43.3 Å². The quantitative estimate of drug-likeness (QED) is 0.619. The van der Waals surface area contributed by atoms with Crippen LogP contribution in [-0.2, 0) is 9.53 Å². The van der Waals surface area contributed by atoms with Gasteiger partial charge < -0.3 is 9.64 Å². The molecule has 0 aromatic heterocycles. The number of hydrogen-bond donors (Lipinski definition) is 0. The van der Waals surface area contributed by atoms with Crippen molar-refractivity contribution in [1.29, 1.82) is 0 Å². The van der Waals surface area contributed by atoms with Crippen LogP contribution in [0.25, 0.3) is 0 Å². The number of para-hydroxylation sites is 2. The Morgan fingerprint density at radius 1 is 1.33 bits per heavy atom. The molecule has 2 aliphatic heterocycles. The van der Waals surface area contributed by atoms with E-state index in [1.54, 1.807) is 0 Å². The Balaban J connectivity index is 0.00000161. The number of halogens is 1. The van der Waals surface area contributed by atoms with Crippen molar-refractivity contribution in [2.45, 2.75) is 19.8 Å². The molecule has 2 heterocycles. The number of guanidine groups is 1. The van der Waals surface area contributed by atoms with Crippen LogP contribution in [0, 0.1) is 0 Å². The molecule has 0 N–H and O–H groups in total. The third-order valence-electron chi connectivity index (χ3n) is 3.57. The van der Waals surface area contributed by atoms with Crippen molar-refractivity contribution in [3.05, 3.63) is 24.3 Å². The van der Waals surface area contributed by atoms with Crippen LogP contribution in [0.5, 0.6) is 0 Å². The molecule has 0 spiro atoms. The SMILES string of the molecule is CCCCOC(=O)CN1C2=NCCN2c2ccccc21.Cl. The lowest BCUT2D eigenvalue weighted by Gasteiger charge is -2.18. The van der Waals surface area contributed by atoms with E-state index in [1.165, 1.54) is 0 Å². The Bertz CT molecular complexity index is 547. The molecule has 0 radical (unpaired) electrons. The van der Waals surface area contributed by atoms with Crippen LogP contribution in [0.3, 0.4) is 0 Å².